The van der Waals surface area contributed by atoms with Crippen molar-refractivity contribution in [3.05, 3.63) is 90.4 Å². The van der Waals surface area contributed by atoms with Crippen LogP contribution in [-0.4, -0.2) is 32.9 Å². The molecule has 0 radical (unpaired) electrons. The summed E-state index contributed by atoms with van der Waals surface area (Å²) in [5, 5.41) is 4.52. The summed E-state index contributed by atoms with van der Waals surface area (Å²) < 4.78 is 0. The highest BCUT2D eigenvalue weighted by molar-refractivity contribution is 5.78. The smallest absolute Gasteiger partial charge is 0.131 e. The van der Waals surface area contributed by atoms with Gasteiger partial charge in [0.05, 0.1) is 5.52 Å². The van der Waals surface area contributed by atoms with Crippen LogP contribution < -0.4 is 5.32 Å². The fourth-order valence-electron chi connectivity index (χ4n) is 4.24. The first kappa shape index (κ1) is 18.7. The Hall–Kier alpha value is -3.31. The van der Waals surface area contributed by atoms with Crippen molar-refractivity contribution in [2.24, 2.45) is 0 Å². The minimum atomic E-state index is 0.450. The second kappa shape index (κ2) is 8.59. The highest BCUT2D eigenvalue weighted by Gasteiger charge is 2.22. The largest absolute Gasteiger partial charge is 0.325 e. The highest BCUT2D eigenvalue weighted by Crippen LogP contribution is 2.28. The van der Waals surface area contributed by atoms with Crippen LogP contribution in [0.2, 0.25) is 0 Å². The molecule has 1 aromatic carbocycles. The fraction of sp³-hybridized carbons (Fsp3) is 0.240. The molecule has 150 valence electrons. The molecule has 0 bridgehead atoms. The normalized spacial score (nSPS) is 17.1. The standard InChI is InChI=1S/C25H25N5/c1-2-13-27-24(9-1)29-25-10-3-8-23(28-25)21-7-5-15-30(18-21)17-19-11-12-22-20(16-19)6-4-14-26-22/h1-4,6,8-14,16,21H,5,7,15,17-18H2,(H,27,28,29). The van der Waals surface area contributed by atoms with Crippen LogP contribution in [0.4, 0.5) is 11.6 Å². The van der Waals surface area contributed by atoms with Crippen molar-refractivity contribution >= 4 is 22.5 Å². The lowest BCUT2D eigenvalue weighted by atomic mass is 9.94. The number of nitrogens with one attached hydrogen (secondary N) is 1. The number of anilines is 2. The number of nitrogens with zero attached hydrogens (tertiary/aromatic N) is 4. The molecule has 0 spiro atoms. The molecule has 1 fully saturated rings. The second-order valence-corrected chi connectivity index (χ2v) is 7.89. The van der Waals surface area contributed by atoms with Crippen molar-refractivity contribution < 1.29 is 0 Å². The Labute approximate surface area is 176 Å². The average molecular weight is 396 g/mol. The maximum absolute atomic E-state index is 4.89. The first-order valence-corrected chi connectivity index (χ1v) is 10.5. The Morgan fingerprint density at radius 1 is 0.900 bits per heavy atom. The molecule has 1 unspecified atom stereocenters. The van der Waals surface area contributed by atoms with Gasteiger partial charge < -0.3 is 5.32 Å². The molecule has 0 aliphatic carbocycles. The molecule has 1 atom stereocenters. The van der Waals surface area contributed by atoms with Crippen LogP contribution >= 0.6 is 0 Å². The SMILES string of the molecule is c1ccc(Nc2cccc(C3CCCN(Cc4ccc5ncccc5c4)C3)n2)nc1. The van der Waals surface area contributed by atoms with E-state index in [1.54, 1.807) is 6.20 Å². The van der Waals surface area contributed by atoms with Crippen molar-refractivity contribution in [3.8, 4) is 0 Å². The molecular formula is C25H25N5. The Morgan fingerprint density at radius 3 is 2.77 bits per heavy atom. The molecule has 1 N–H and O–H groups in total. The zero-order valence-electron chi connectivity index (χ0n) is 16.9. The highest BCUT2D eigenvalue weighted by atomic mass is 15.1. The molecule has 5 nitrogen and oxygen atoms in total. The molecule has 30 heavy (non-hydrogen) atoms. The van der Waals surface area contributed by atoms with E-state index in [4.69, 9.17) is 4.98 Å². The third kappa shape index (κ3) is 4.31. The molecule has 4 heterocycles. The van der Waals surface area contributed by atoms with Crippen LogP contribution in [0.25, 0.3) is 10.9 Å². The van der Waals surface area contributed by atoms with Crippen LogP contribution in [0, 0.1) is 0 Å². The van der Waals surface area contributed by atoms with Crippen LogP contribution in [0.5, 0.6) is 0 Å². The maximum Gasteiger partial charge on any atom is 0.131 e. The summed E-state index contributed by atoms with van der Waals surface area (Å²) >= 11 is 0. The second-order valence-electron chi connectivity index (χ2n) is 7.89. The number of hydrogen-bond acceptors (Lipinski definition) is 5. The van der Waals surface area contributed by atoms with Crippen LogP contribution in [0.3, 0.4) is 0 Å². The lowest BCUT2D eigenvalue weighted by Gasteiger charge is -2.32. The van der Waals surface area contributed by atoms with Gasteiger partial charge in [0, 0.05) is 42.5 Å². The zero-order chi connectivity index (χ0) is 20.2. The van der Waals surface area contributed by atoms with Crippen molar-refractivity contribution in [2.45, 2.75) is 25.3 Å². The number of pyridine rings is 3. The first-order chi connectivity index (χ1) is 14.8. The van der Waals surface area contributed by atoms with Crippen molar-refractivity contribution in [3.63, 3.8) is 0 Å². The van der Waals surface area contributed by atoms with Gasteiger partial charge in [-0.1, -0.05) is 24.3 Å². The molecule has 5 heteroatoms. The van der Waals surface area contributed by atoms with Crippen molar-refractivity contribution in [2.75, 3.05) is 18.4 Å². The van der Waals surface area contributed by atoms with E-state index in [1.807, 2.05) is 36.5 Å². The van der Waals surface area contributed by atoms with E-state index in [2.05, 4.69) is 56.6 Å². The van der Waals surface area contributed by atoms with Gasteiger partial charge in [-0.05, 0) is 67.4 Å². The molecule has 3 aromatic heterocycles. The van der Waals surface area contributed by atoms with E-state index >= 15 is 0 Å². The van der Waals surface area contributed by atoms with Gasteiger partial charge >= 0.3 is 0 Å². The number of likely N-dealkylation sites (tertiary alicyclic amines) is 1. The van der Waals surface area contributed by atoms with Gasteiger partial charge in [-0.2, -0.15) is 0 Å². The Balaban J connectivity index is 1.28. The van der Waals surface area contributed by atoms with Gasteiger partial charge in [0.15, 0.2) is 0 Å². The van der Waals surface area contributed by atoms with E-state index in [9.17, 15) is 0 Å². The molecule has 4 aromatic rings. The maximum atomic E-state index is 4.89. The summed E-state index contributed by atoms with van der Waals surface area (Å²) in [6, 6.07) is 22.8. The summed E-state index contributed by atoms with van der Waals surface area (Å²) in [4.78, 5) is 16.2. The van der Waals surface area contributed by atoms with Gasteiger partial charge in [0.25, 0.3) is 0 Å². The minimum Gasteiger partial charge on any atom is -0.325 e. The van der Waals surface area contributed by atoms with Gasteiger partial charge in [-0.3, -0.25) is 9.88 Å². The zero-order valence-corrected chi connectivity index (χ0v) is 16.9. The lowest BCUT2D eigenvalue weighted by molar-refractivity contribution is 0.198. The third-order valence-corrected chi connectivity index (χ3v) is 5.69. The number of aromatic nitrogens is 3. The van der Waals surface area contributed by atoms with E-state index in [1.165, 1.54) is 23.8 Å². The van der Waals surface area contributed by atoms with Gasteiger partial charge in [-0.25, -0.2) is 9.97 Å². The van der Waals surface area contributed by atoms with E-state index in [0.29, 0.717) is 5.92 Å². The molecule has 0 amide bonds. The van der Waals surface area contributed by atoms with E-state index in [0.717, 1.165) is 42.5 Å². The summed E-state index contributed by atoms with van der Waals surface area (Å²) in [5.41, 5.74) is 3.55. The number of rotatable bonds is 5. The summed E-state index contributed by atoms with van der Waals surface area (Å²) in [6.45, 7) is 3.13. The molecule has 1 aliphatic rings. The minimum absolute atomic E-state index is 0.450. The summed E-state index contributed by atoms with van der Waals surface area (Å²) in [7, 11) is 0. The topological polar surface area (TPSA) is 53.9 Å². The number of benzene rings is 1. The molecule has 1 saturated heterocycles. The average Bonchev–Trinajstić information content (AvgIpc) is 2.80. The molecule has 0 saturated carbocycles. The summed E-state index contributed by atoms with van der Waals surface area (Å²) in [5.74, 6) is 2.12. The number of hydrogen-bond donors (Lipinski definition) is 1. The summed E-state index contributed by atoms with van der Waals surface area (Å²) in [6.07, 6.45) is 6.01. The van der Waals surface area contributed by atoms with Gasteiger partial charge in [-0.15, -0.1) is 0 Å². The van der Waals surface area contributed by atoms with Crippen LogP contribution in [-0.2, 0) is 6.54 Å². The van der Waals surface area contributed by atoms with Crippen LogP contribution in [0.1, 0.15) is 30.0 Å². The van der Waals surface area contributed by atoms with Crippen LogP contribution in [0.15, 0.2) is 79.1 Å². The lowest BCUT2D eigenvalue weighted by Crippen LogP contribution is -2.34. The predicted octanol–water partition coefficient (Wildman–Crippen LogP) is 5.15. The van der Waals surface area contributed by atoms with Gasteiger partial charge in [0.2, 0.25) is 0 Å². The van der Waals surface area contributed by atoms with Crippen molar-refractivity contribution in [1.82, 2.24) is 19.9 Å². The quantitative estimate of drug-likeness (QED) is 0.507. The molecular weight excluding hydrogens is 370 g/mol. The predicted molar refractivity (Wildman–Crippen MR) is 121 cm³/mol. The van der Waals surface area contributed by atoms with Gasteiger partial charge in [0.1, 0.15) is 11.6 Å². The number of fused-ring (bicyclic) bond motifs is 1. The third-order valence-electron chi connectivity index (χ3n) is 5.69. The van der Waals surface area contributed by atoms with E-state index < -0.39 is 0 Å². The first-order valence-electron chi connectivity index (χ1n) is 10.5. The Morgan fingerprint density at radius 2 is 1.83 bits per heavy atom. The molecule has 1 aliphatic heterocycles. The monoisotopic (exact) mass is 395 g/mol. The van der Waals surface area contributed by atoms with E-state index in [-0.39, 0.29) is 0 Å². The number of piperidine rings is 1. The molecule has 5 rings (SSSR count). The fourth-order valence-corrected chi connectivity index (χ4v) is 4.24. The Bertz CT molecular complexity index is 1130. The van der Waals surface area contributed by atoms with Crippen molar-refractivity contribution in [1.29, 1.82) is 0 Å². The Kier molecular flexibility index (Phi) is 5.36.